The summed E-state index contributed by atoms with van der Waals surface area (Å²) < 4.78 is 26.7. The molecule has 2 N–H and O–H groups in total. The second kappa shape index (κ2) is 8.78. The van der Waals surface area contributed by atoms with Crippen molar-refractivity contribution in [2.75, 3.05) is 37.3 Å². The standard InChI is InChI=1S/C26H32N6O4S/c1-37(35,36)31-14-12-30(13-15-31)21-4-2-19(3-5-21)20-16-27-23-22(17-28-32(23)18-20)24(33)29-25-6-9-26(34,10-7-25)11-8-25/h2-5,16-18,34H,6-15H2,1H3,(H,29,33). The van der Waals surface area contributed by atoms with Gasteiger partial charge in [0.1, 0.15) is 5.56 Å². The fourth-order valence-electron chi connectivity index (χ4n) is 5.99. The third kappa shape index (κ3) is 4.60. The lowest BCUT2D eigenvalue weighted by atomic mass is 9.63. The van der Waals surface area contributed by atoms with Crippen LogP contribution in [0.25, 0.3) is 16.8 Å². The van der Waals surface area contributed by atoms with Crippen molar-refractivity contribution in [3.8, 4) is 11.1 Å². The predicted molar refractivity (Wildman–Crippen MR) is 140 cm³/mol. The first-order chi connectivity index (χ1) is 17.6. The zero-order valence-electron chi connectivity index (χ0n) is 20.9. The second-order valence-corrected chi connectivity index (χ2v) is 12.8. The van der Waals surface area contributed by atoms with Crippen LogP contribution in [-0.4, -0.2) is 81.9 Å². The van der Waals surface area contributed by atoms with E-state index in [1.165, 1.54) is 10.6 Å². The maximum Gasteiger partial charge on any atom is 0.257 e. The summed E-state index contributed by atoms with van der Waals surface area (Å²) >= 11 is 0. The highest BCUT2D eigenvalue weighted by atomic mass is 32.2. The highest BCUT2D eigenvalue weighted by Crippen LogP contribution is 2.46. The number of sulfonamides is 1. The number of nitrogens with zero attached hydrogens (tertiary/aromatic N) is 5. The van der Waals surface area contributed by atoms with Crippen LogP contribution in [-0.2, 0) is 10.0 Å². The number of rotatable bonds is 5. The van der Waals surface area contributed by atoms with Crippen LogP contribution in [0.3, 0.4) is 0 Å². The number of carbonyl (C=O) groups is 1. The number of benzene rings is 1. The summed E-state index contributed by atoms with van der Waals surface area (Å²) in [5, 5.41) is 18.1. The molecule has 0 spiro atoms. The van der Waals surface area contributed by atoms with E-state index in [4.69, 9.17) is 0 Å². The average Bonchev–Trinajstić information content (AvgIpc) is 3.33. The summed E-state index contributed by atoms with van der Waals surface area (Å²) in [6.07, 6.45) is 11.1. The fraction of sp³-hybridized carbons (Fsp3) is 0.500. The van der Waals surface area contributed by atoms with Crippen LogP contribution in [0, 0.1) is 0 Å². The van der Waals surface area contributed by atoms with E-state index in [1.54, 1.807) is 16.9 Å². The molecule has 3 aliphatic carbocycles. The molecule has 1 aliphatic heterocycles. The number of anilines is 1. The van der Waals surface area contributed by atoms with Gasteiger partial charge in [-0.25, -0.2) is 17.9 Å². The number of hydrogen-bond acceptors (Lipinski definition) is 7. The summed E-state index contributed by atoms with van der Waals surface area (Å²) in [5.41, 5.74) is 3.10. The molecule has 1 aromatic carbocycles. The smallest absolute Gasteiger partial charge is 0.257 e. The molecule has 3 aromatic rings. The highest BCUT2D eigenvalue weighted by molar-refractivity contribution is 7.88. The Hall–Kier alpha value is -3.02. The van der Waals surface area contributed by atoms with Crippen molar-refractivity contribution >= 4 is 27.3 Å². The van der Waals surface area contributed by atoms with Gasteiger partial charge in [-0.05, 0) is 56.2 Å². The van der Waals surface area contributed by atoms with Gasteiger partial charge in [-0.1, -0.05) is 12.1 Å². The molecule has 0 unspecified atom stereocenters. The zero-order valence-corrected chi connectivity index (χ0v) is 21.7. The van der Waals surface area contributed by atoms with Crippen molar-refractivity contribution in [1.29, 1.82) is 0 Å². The third-order valence-electron chi connectivity index (χ3n) is 8.46. The predicted octanol–water partition coefficient (Wildman–Crippen LogP) is 2.05. The summed E-state index contributed by atoms with van der Waals surface area (Å²) in [4.78, 5) is 19.9. The molecule has 3 heterocycles. The van der Waals surface area contributed by atoms with Gasteiger partial charge in [0.05, 0.1) is 18.1 Å². The van der Waals surface area contributed by atoms with Crippen LogP contribution >= 0.6 is 0 Å². The molecule has 1 saturated heterocycles. The molecule has 0 atom stereocenters. The minimum absolute atomic E-state index is 0.164. The Labute approximate surface area is 216 Å². The first-order valence-electron chi connectivity index (χ1n) is 12.8. The van der Waals surface area contributed by atoms with Crippen LogP contribution in [0.4, 0.5) is 5.69 Å². The lowest BCUT2D eigenvalue weighted by Crippen LogP contribution is -2.58. The zero-order chi connectivity index (χ0) is 25.8. The van der Waals surface area contributed by atoms with Crippen molar-refractivity contribution in [3.05, 3.63) is 48.4 Å². The molecule has 4 aliphatic rings. The van der Waals surface area contributed by atoms with Crippen LogP contribution in [0.1, 0.15) is 48.9 Å². The SMILES string of the molecule is CS(=O)(=O)N1CCN(c2ccc(-c3cnc4c(C(=O)NC56CCC(O)(CC5)CC6)cnn4c3)cc2)CC1. The van der Waals surface area contributed by atoms with E-state index in [0.29, 0.717) is 37.4 Å². The molecule has 1 amide bonds. The number of nitrogens with one attached hydrogen (secondary N) is 1. The molecule has 196 valence electrons. The highest BCUT2D eigenvalue weighted by Gasteiger charge is 2.48. The van der Waals surface area contributed by atoms with E-state index in [-0.39, 0.29) is 11.4 Å². The van der Waals surface area contributed by atoms with Gasteiger partial charge >= 0.3 is 0 Å². The van der Waals surface area contributed by atoms with Crippen LogP contribution in [0.15, 0.2) is 42.9 Å². The number of aliphatic hydroxyl groups is 1. The molecule has 4 fully saturated rings. The Morgan fingerprint density at radius 1 is 0.946 bits per heavy atom. The van der Waals surface area contributed by atoms with Gasteiger partial charge in [0.25, 0.3) is 5.91 Å². The van der Waals surface area contributed by atoms with Gasteiger partial charge in [-0.3, -0.25) is 4.79 Å². The lowest BCUT2D eigenvalue weighted by molar-refractivity contribution is -0.0702. The van der Waals surface area contributed by atoms with Crippen LogP contribution in [0.2, 0.25) is 0 Å². The molecular formula is C26H32N6O4S. The number of piperazine rings is 1. The van der Waals surface area contributed by atoms with Crippen molar-refractivity contribution < 1.29 is 18.3 Å². The van der Waals surface area contributed by atoms with E-state index in [9.17, 15) is 18.3 Å². The normalized spacial score (nSPS) is 26.5. The maximum absolute atomic E-state index is 13.2. The Bertz CT molecular complexity index is 1420. The number of aromatic nitrogens is 3. The van der Waals surface area contributed by atoms with Gasteiger partial charge < -0.3 is 15.3 Å². The van der Waals surface area contributed by atoms with Crippen molar-refractivity contribution in [2.45, 2.75) is 49.7 Å². The van der Waals surface area contributed by atoms with Gasteiger partial charge in [0.2, 0.25) is 10.0 Å². The fourth-order valence-corrected chi connectivity index (χ4v) is 6.81. The van der Waals surface area contributed by atoms with Crippen molar-refractivity contribution in [1.82, 2.24) is 24.2 Å². The first kappa shape index (κ1) is 24.3. The second-order valence-electron chi connectivity index (χ2n) is 10.8. The number of fused-ring (bicyclic) bond motifs is 4. The Morgan fingerprint density at radius 3 is 2.22 bits per heavy atom. The third-order valence-corrected chi connectivity index (χ3v) is 9.76. The van der Waals surface area contributed by atoms with Gasteiger partial charge in [0.15, 0.2) is 5.65 Å². The molecule has 0 radical (unpaired) electrons. The van der Waals surface area contributed by atoms with E-state index >= 15 is 0 Å². The molecule has 3 saturated carbocycles. The summed E-state index contributed by atoms with van der Waals surface area (Å²) in [6.45, 7) is 2.28. The molecule has 2 aromatic heterocycles. The molecule has 37 heavy (non-hydrogen) atoms. The van der Waals surface area contributed by atoms with Gasteiger partial charge in [0, 0.05) is 55.4 Å². The van der Waals surface area contributed by atoms with E-state index in [1.807, 2.05) is 30.5 Å². The summed E-state index contributed by atoms with van der Waals surface area (Å²) in [6, 6.07) is 8.11. The Balaban J connectivity index is 1.15. The minimum Gasteiger partial charge on any atom is -0.390 e. The van der Waals surface area contributed by atoms with Gasteiger partial charge in [-0.2, -0.15) is 9.40 Å². The summed E-state index contributed by atoms with van der Waals surface area (Å²) in [5.74, 6) is -0.164. The molecule has 2 bridgehead atoms. The lowest BCUT2D eigenvalue weighted by Gasteiger charge is -2.51. The van der Waals surface area contributed by atoms with E-state index in [2.05, 4.69) is 20.3 Å². The Morgan fingerprint density at radius 2 is 1.59 bits per heavy atom. The topological polar surface area (TPSA) is 120 Å². The maximum atomic E-state index is 13.2. The van der Waals surface area contributed by atoms with E-state index < -0.39 is 15.6 Å². The van der Waals surface area contributed by atoms with Crippen LogP contribution in [0.5, 0.6) is 0 Å². The minimum atomic E-state index is -3.15. The average molecular weight is 525 g/mol. The number of carbonyl (C=O) groups excluding carboxylic acids is 1. The summed E-state index contributed by atoms with van der Waals surface area (Å²) in [7, 11) is -3.15. The molecular weight excluding hydrogens is 492 g/mol. The first-order valence-corrected chi connectivity index (χ1v) is 14.7. The molecule has 11 heteroatoms. The van der Waals surface area contributed by atoms with Crippen LogP contribution < -0.4 is 10.2 Å². The van der Waals surface area contributed by atoms with Gasteiger partial charge in [-0.15, -0.1) is 0 Å². The van der Waals surface area contributed by atoms with E-state index in [0.717, 1.165) is 55.3 Å². The quantitative estimate of drug-likeness (QED) is 0.524. The number of hydrogen-bond donors (Lipinski definition) is 2. The van der Waals surface area contributed by atoms with Crippen molar-refractivity contribution in [3.63, 3.8) is 0 Å². The van der Waals surface area contributed by atoms with Crippen molar-refractivity contribution in [2.24, 2.45) is 0 Å². The molecule has 7 rings (SSSR count). The Kier molecular flexibility index (Phi) is 5.77. The monoisotopic (exact) mass is 524 g/mol. The molecule has 10 nitrogen and oxygen atoms in total. The number of amides is 1. The largest absolute Gasteiger partial charge is 0.390 e.